The minimum absolute atomic E-state index is 0.906. The van der Waals surface area contributed by atoms with E-state index < -0.39 is 33.8 Å². The third kappa shape index (κ3) is 17.6. The molecule has 0 aromatic carbocycles. The quantitative estimate of drug-likeness (QED) is 0.256. The number of hydrogen-bond donors (Lipinski definition) is 0. The summed E-state index contributed by atoms with van der Waals surface area (Å²) in [5, 5.41) is 0. The summed E-state index contributed by atoms with van der Waals surface area (Å²) < 4.78 is 23.0. The minimum Gasteiger partial charge on any atom is -0.436 e. The van der Waals surface area contributed by atoms with Crippen molar-refractivity contribution in [2.45, 2.75) is 77.8 Å². The molecule has 0 bridgehead atoms. The van der Waals surface area contributed by atoms with Crippen LogP contribution in [0, 0.1) is 0 Å². The second kappa shape index (κ2) is 12.6. The van der Waals surface area contributed by atoms with Crippen LogP contribution in [0.1, 0.15) is 12.8 Å². The van der Waals surface area contributed by atoms with Gasteiger partial charge in [0.2, 0.25) is 0 Å². The Morgan fingerprint density at radius 3 is 1.79 bits per heavy atom. The van der Waals surface area contributed by atoms with Crippen molar-refractivity contribution in [2.75, 3.05) is 13.7 Å². The molecule has 0 amide bonds. The van der Waals surface area contributed by atoms with Crippen LogP contribution in [-0.4, -0.2) is 47.5 Å². The lowest BCUT2D eigenvalue weighted by Gasteiger charge is -2.35. The molecule has 24 heavy (non-hydrogen) atoms. The molecule has 0 spiro atoms. The molecule has 1 fully saturated rings. The van der Waals surface area contributed by atoms with Gasteiger partial charge < -0.3 is 17.1 Å². The van der Waals surface area contributed by atoms with Crippen LogP contribution in [0.4, 0.5) is 0 Å². The monoisotopic (exact) mass is 636 g/mol. The van der Waals surface area contributed by atoms with Crippen molar-refractivity contribution < 1.29 is 17.1 Å². The molecule has 4 nitrogen and oxygen atoms in total. The highest BCUT2D eigenvalue weighted by molar-refractivity contribution is 15.0. The molecule has 1 aliphatic rings. The summed E-state index contributed by atoms with van der Waals surface area (Å²) in [6, 6.07) is 1.30. The maximum atomic E-state index is 6.12. The Hall–Kier alpha value is 2.17. The Balaban J connectivity index is 0. The number of hydrogen-bond acceptors (Lipinski definition) is 4. The molecular formula is C14H38I2O4Si4. The van der Waals surface area contributed by atoms with Crippen molar-refractivity contribution in [2.24, 2.45) is 0 Å². The molecule has 0 N–H and O–H groups in total. The third-order valence-electron chi connectivity index (χ3n) is 3.19. The fraction of sp³-hybridized carbons (Fsp3) is 1.00. The van der Waals surface area contributed by atoms with Gasteiger partial charge in [0, 0.05) is 50.9 Å². The predicted octanol–water partition coefficient (Wildman–Crippen LogP) is 6.68. The molecular weight excluding hydrogens is 598 g/mol. The second-order valence-electron chi connectivity index (χ2n) is 8.39. The lowest BCUT2D eigenvalue weighted by molar-refractivity contribution is 0.231. The van der Waals surface area contributed by atoms with E-state index in [1.54, 1.807) is 7.11 Å². The normalized spacial score (nSPS) is 20.5. The first-order valence-corrected chi connectivity index (χ1v) is 26.9. The lowest BCUT2D eigenvalue weighted by Crippen LogP contribution is -2.47. The van der Waals surface area contributed by atoms with E-state index in [1.807, 2.05) is 0 Å². The topological polar surface area (TPSA) is 36.9 Å². The summed E-state index contributed by atoms with van der Waals surface area (Å²) in [4.78, 5) is 0. The van der Waals surface area contributed by atoms with Crippen molar-refractivity contribution in [1.82, 2.24) is 0 Å². The van der Waals surface area contributed by atoms with Crippen molar-refractivity contribution in [3.05, 3.63) is 0 Å². The highest BCUT2D eigenvalue weighted by Gasteiger charge is 2.35. The van der Waals surface area contributed by atoms with Crippen molar-refractivity contribution in [3.63, 3.8) is 0 Å². The summed E-state index contributed by atoms with van der Waals surface area (Å²) in [5.41, 5.74) is 0. The molecule has 10 heteroatoms. The van der Waals surface area contributed by atoms with Gasteiger partial charge in [0.05, 0.1) is 0 Å². The standard InChI is InChI=1S/C8H20O2Si2.C6H18O2Si2.I2/c1-11(2)8-6-5-7-9-12(3,4)10-11;1-7-10(5,6)8-9(2,3)4;1-2/h5-8H2,1-4H3;1-6H3;. The number of halogens is 2. The van der Waals surface area contributed by atoms with Gasteiger partial charge in [0.15, 0.2) is 16.6 Å². The zero-order valence-corrected chi connectivity index (χ0v) is 25.5. The molecule has 0 aromatic heterocycles. The largest absolute Gasteiger partial charge is 0.436 e. The molecule has 0 unspecified atom stereocenters. The fourth-order valence-corrected chi connectivity index (χ4v) is 16.4. The highest BCUT2D eigenvalue weighted by atomic mass is 128. The van der Waals surface area contributed by atoms with Gasteiger partial charge in [-0.3, -0.25) is 0 Å². The molecule has 148 valence electrons. The Labute approximate surface area is 178 Å². The molecule has 0 aromatic rings. The zero-order valence-electron chi connectivity index (χ0n) is 17.2. The van der Waals surface area contributed by atoms with Crippen LogP contribution in [0.3, 0.4) is 0 Å². The van der Waals surface area contributed by atoms with Crippen LogP contribution in [0.25, 0.3) is 0 Å². The van der Waals surface area contributed by atoms with Gasteiger partial charge in [-0.15, -0.1) is 0 Å². The van der Waals surface area contributed by atoms with Crippen LogP contribution in [0.5, 0.6) is 0 Å². The molecule has 0 aliphatic carbocycles. The molecule has 0 saturated carbocycles. The smallest absolute Gasteiger partial charge is 0.321 e. The zero-order chi connectivity index (χ0) is 19.7. The molecule has 0 atom stereocenters. The molecule has 0 radical (unpaired) electrons. The molecule has 1 aliphatic heterocycles. The summed E-state index contributed by atoms with van der Waals surface area (Å²) in [6.07, 6.45) is 2.50. The van der Waals surface area contributed by atoms with E-state index in [9.17, 15) is 0 Å². The van der Waals surface area contributed by atoms with E-state index in [1.165, 1.54) is 18.9 Å². The Morgan fingerprint density at radius 2 is 1.42 bits per heavy atom. The van der Waals surface area contributed by atoms with E-state index in [0.717, 1.165) is 6.61 Å². The van der Waals surface area contributed by atoms with Crippen LogP contribution in [0.2, 0.25) is 65.0 Å². The van der Waals surface area contributed by atoms with Gasteiger partial charge in [-0.25, -0.2) is 0 Å². The minimum atomic E-state index is -1.75. The van der Waals surface area contributed by atoms with Crippen LogP contribution < -0.4 is 0 Å². The summed E-state index contributed by atoms with van der Waals surface area (Å²) in [6.45, 7) is 20.5. The van der Waals surface area contributed by atoms with Crippen molar-refractivity contribution >= 4 is 71.0 Å². The van der Waals surface area contributed by atoms with Crippen LogP contribution in [-0.2, 0) is 17.1 Å². The SMILES string of the molecule is CO[Si](C)(C)O[Si](C)(C)C.C[Si]1(C)CCCCO[Si](C)(C)O1.II. The first-order valence-electron chi connectivity index (χ1n) is 8.42. The first kappa shape index (κ1) is 28.4. The van der Waals surface area contributed by atoms with Gasteiger partial charge in [0.25, 0.3) is 0 Å². The maximum Gasteiger partial charge on any atom is 0.321 e. The molecule has 1 heterocycles. The van der Waals surface area contributed by atoms with Gasteiger partial charge in [-0.05, 0) is 71.4 Å². The van der Waals surface area contributed by atoms with Gasteiger partial charge in [-0.2, -0.15) is 0 Å². The van der Waals surface area contributed by atoms with Crippen molar-refractivity contribution in [1.29, 1.82) is 0 Å². The first-order chi connectivity index (χ1) is 10.7. The third-order valence-corrected chi connectivity index (χ3v) is 15.2. The van der Waals surface area contributed by atoms with E-state index in [4.69, 9.17) is 17.1 Å². The average Bonchev–Trinajstić information content (AvgIpc) is 2.36. The second-order valence-corrected chi connectivity index (χ2v) is 24.6. The summed E-state index contributed by atoms with van der Waals surface area (Å²) >= 11 is 4.24. The van der Waals surface area contributed by atoms with E-state index >= 15 is 0 Å². The Bertz CT molecular complexity index is 321. The van der Waals surface area contributed by atoms with Gasteiger partial charge >= 0.3 is 17.1 Å². The Kier molecular flexibility index (Phi) is 14.9. The molecule has 1 saturated heterocycles. The summed E-state index contributed by atoms with van der Waals surface area (Å²) in [5.74, 6) is 0. The predicted molar refractivity (Wildman–Crippen MR) is 133 cm³/mol. The number of rotatable bonds is 3. The van der Waals surface area contributed by atoms with E-state index in [2.05, 4.69) is 96.2 Å². The van der Waals surface area contributed by atoms with E-state index in [0.29, 0.717) is 0 Å². The fourth-order valence-electron chi connectivity index (χ4n) is 2.50. The highest BCUT2D eigenvalue weighted by Crippen LogP contribution is 2.24. The molecule has 1 rings (SSSR count). The van der Waals surface area contributed by atoms with Gasteiger partial charge in [0.1, 0.15) is 0 Å². The van der Waals surface area contributed by atoms with Crippen molar-refractivity contribution in [3.8, 4) is 0 Å². The summed E-state index contributed by atoms with van der Waals surface area (Å²) in [7, 11) is -4.52. The van der Waals surface area contributed by atoms with Crippen LogP contribution >= 0.6 is 37.2 Å². The van der Waals surface area contributed by atoms with E-state index in [-0.39, 0.29) is 0 Å². The Morgan fingerprint density at radius 1 is 0.917 bits per heavy atom. The average molecular weight is 637 g/mol. The van der Waals surface area contributed by atoms with Gasteiger partial charge in [-0.1, -0.05) is 6.42 Å². The lowest BCUT2D eigenvalue weighted by atomic mass is 10.4. The maximum absolute atomic E-state index is 6.12. The van der Waals surface area contributed by atoms with Crippen LogP contribution in [0.15, 0.2) is 0 Å².